The van der Waals surface area contributed by atoms with Crippen LogP contribution >= 0.6 is 0 Å². The molecule has 0 aliphatic heterocycles. The van der Waals surface area contributed by atoms with E-state index in [-0.39, 0.29) is 0 Å². The summed E-state index contributed by atoms with van der Waals surface area (Å²) in [5.41, 5.74) is 0. The Balaban J connectivity index is 3.51. The van der Waals surface area contributed by atoms with Gasteiger partial charge in [-0.3, -0.25) is 4.90 Å². The fourth-order valence-electron chi connectivity index (χ4n) is 0.828. The third-order valence-electron chi connectivity index (χ3n) is 1.44. The van der Waals surface area contributed by atoms with Crippen LogP contribution < -0.4 is 5.32 Å². The summed E-state index contributed by atoms with van der Waals surface area (Å²) < 4.78 is 0. The maximum absolute atomic E-state index is 8.40. The van der Waals surface area contributed by atoms with E-state index in [2.05, 4.69) is 5.32 Å². The highest BCUT2D eigenvalue weighted by atomic mass is 15.1. The molecule has 0 saturated heterocycles. The van der Waals surface area contributed by atoms with E-state index in [1.807, 2.05) is 24.0 Å². The zero-order valence-corrected chi connectivity index (χ0v) is 7.38. The summed E-state index contributed by atoms with van der Waals surface area (Å²) in [4.78, 5) is 1.81. The molecule has 0 bridgehead atoms. The summed E-state index contributed by atoms with van der Waals surface area (Å²) in [7, 11) is 0. The van der Waals surface area contributed by atoms with Gasteiger partial charge in [0, 0.05) is 13.1 Å². The van der Waals surface area contributed by atoms with Crippen LogP contribution in [0.2, 0.25) is 0 Å². The molecule has 4 heteroatoms. The Bertz CT molecular complexity index is 160. The van der Waals surface area contributed by atoms with Gasteiger partial charge in [-0.1, -0.05) is 6.92 Å². The van der Waals surface area contributed by atoms with E-state index in [0.717, 1.165) is 19.6 Å². The first-order valence-corrected chi connectivity index (χ1v) is 4.02. The zero-order chi connectivity index (χ0) is 9.23. The highest BCUT2D eigenvalue weighted by Gasteiger charge is 2.00. The van der Waals surface area contributed by atoms with Crippen molar-refractivity contribution in [3.63, 3.8) is 0 Å². The van der Waals surface area contributed by atoms with Crippen molar-refractivity contribution >= 4 is 0 Å². The summed E-state index contributed by atoms with van der Waals surface area (Å²) in [6.07, 6.45) is 0. The fraction of sp³-hybridized carbons (Fsp3) is 0.750. The molecule has 0 atom stereocenters. The number of nitrogens with one attached hydrogen (secondary N) is 1. The molecule has 12 heavy (non-hydrogen) atoms. The maximum atomic E-state index is 8.40. The molecule has 0 amide bonds. The molecule has 4 nitrogen and oxygen atoms in total. The van der Waals surface area contributed by atoms with Crippen LogP contribution in [0.3, 0.4) is 0 Å². The van der Waals surface area contributed by atoms with Crippen LogP contribution in [0.15, 0.2) is 0 Å². The largest absolute Gasteiger partial charge is 0.316 e. The third kappa shape index (κ3) is 5.67. The fourth-order valence-corrected chi connectivity index (χ4v) is 0.828. The second kappa shape index (κ2) is 8.00. The van der Waals surface area contributed by atoms with Crippen LogP contribution in [-0.4, -0.2) is 37.6 Å². The molecule has 0 heterocycles. The van der Waals surface area contributed by atoms with Crippen molar-refractivity contribution in [1.82, 2.24) is 10.2 Å². The van der Waals surface area contributed by atoms with Crippen LogP contribution in [0.25, 0.3) is 0 Å². The monoisotopic (exact) mass is 166 g/mol. The lowest BCUT2D eigenvalue weighted by atomic mass is 10.4. The van der Waals surface area contributed by atoms with E-state index in [4.69, 9.17) is 10.5 Å². The highest BCUT2D eigenvalue weighted by Crippen LogP contribution is 1.83. The molecular formula is C8H14N4. The van der Waals surface area contributed by atoms with E-state index >= 15 is 0 Å². The SMILES string of the molecule is CCNCCN(CC#N)CC#N. The molecule has 0 fully saturated rings. The molecule has 0 unspecified atom stereocenters. The van der Waals surface area contributed by atoms with Crippen LogP contribution in [0.4, 0.5) is 0 Å². The Kier molecular flexibility index (Phi) is 7.27. The molecule has 0 spiro atoms. The van der Waals surface area contributed by atoms with Crippen molar-refractivity contribution in [3.05, 3.63) is 0 Å². The van der Waals surface area contributed by atoms with Gasteiger partial charge in [0.15, 0.2) is 0 Å². The summed E-state index contributed by atoms with van der Waals surface area (Å²) in [6.45, 7) is 5.21. The molecule has 66 valence electrons. The van der Waals surface area contributed by atoms with E-state index < -0.39 is 0 Å². The average molecular weight is 166 g/mol. The number of hydrogen-bond donors (Lipinski definition) is 1. The number of rotatable bonds is 6. The van der Waals surface area contributed by atoms with Gasteiger partial charge >= 0.3 is 0 Å². The van der Waals surface area contributed by atoms with Crippen molar-refractivity contribution in [2.24, 2.45) is 0 Å². The van der Waals surface area contributed by atoms with E-state index in [9.17, 15) is 0 Å². The Morgan fingerprint density at radius 3 is 2.25 bits per heavy atom. The first-order chi connectivity index (χ1) is 5.85. The molecule has 0 radical (unpaired) electrons. The minimum absolute atomic E-state index is 0.332. The number of nitriles is 2. The normalized spacial score (nSPS) is 9.33. The summed E-state index contributed by atoms with van der Waals surface area (Å²) in [5, 5.41) is 19.9. The molecule has 0 aliphatic carbocycles. The second-order valence-electron chi connectivity index (χ2n) is 2.38. The summed E-state index contributed by atoms with van der Waals surface area (Å²) >= 11 is 0. The number of hydrogen-bond acceptors (Lipinski definition) is 4. The molecule has 0 aliphatic rings. The Hall–Kier alpha value is -1.10. The lowest BCUT2D eigenvalue weighted by molar-refractivity contribution is 0.340. The highest BCUT2D eigenvalue weighted by molar-refractivity contribution is 4.83. The minimum Gasteiger partial charge on any atom is -0.316 e. The lowest BCUT2D eigenvalue weighted by Gasteiger charge is -2.14. The predicted octanol–water partition coefficient (Wildman–Crippen LogP) is -0.0549. The Morgan fingerprint density at radius 1 is 1.25 bits per heavy atom. The zero-order valence-electron chi connectivity index (χ0n) is 7.38. The molecule has 0 saturated carbocycles. The van der Waals surface area contributed by atoms with Crippen molar-refractivity contribution < 1.29 is 0 Å². The quantitative estimate of drug-likeness (QED) is 0.443. The van der Waals surface area contributed by atoms with Crippen LogP contribution in [0, 0.1) is 22.7 Å². The summed E-state index contributed by atoms with van der Waals surface area (Å²) in [5.74, 6) is 0. The van der Waals surface area contributed by atoms with Gasteiger partial charge in [-0.15, -0.1) is 0 Å². The summed E-state index contributed by atoms with van der Waals surface area (Å²) in [6, 6.07) is 4.05. The Labute approximate surface area is 73.4 Å². The first-order valence-electron chi connectivity index (χ1n) is 4.02. The van der Waals surface area contributed by atoms with Gasteiger partial charge in [-0.25, -0.2) is 0 Å². The molecule has 0 aromatic carbocycles. The third-order valence-corrected chi connectivity index (χ3v) is 1.44. The molecule has 0 aromatic heterocycles. The maximum Gasteiger partial charge on any atom is 0.0874 e. The van der Waals surface area contributed by atoms with E-state index in [0.29, 0.717) is 13.1 Å². The van der Waals surface area contributed by atoms with Crippen LogP contribution in [0.1, 0.15) is 6.92 Å². The van der Waals surface area contributed by atoms with E-state index in [1.54, 1.807) is 0 Å². The van der Waals surface area contributed by atoms with Crippen molar-refractivity contribution in [2.45, 2.75) is 6.92 Å². The first kappa shape index (κ1) is 10.9. The second-order valence-corrected chi connectivity index (χ2v) is 2.38. The molecule has 0 rings (SSSR count). The number of nitrogens with zero attached hydrogens (tertiary/aromatic N) is 3. The molecule has 1 N–H and O–H groups in total. The van der Waals surface area contributed by atoms with Crippen molar-refractivity contribution in [3.8, 4) is 12.1 Å². The minimum atomic E-state index is 0.332. The lowest BCUT2D eigenvalue weighted by Crippen LogP contribution is -2.32. The van der Waals surface area contributed by atoms with Gasteiger partial charge in [0.05, 0.1) is 25.2 Å². The van der Waals surface area contributed by atoms with Gasteiger partial charge in [-0.05, 0) is 6.54 Å². The van der Waals surface area contributed by atoms with Gasteiger partial charge < -0.3 is 5.32 Å². The van der Waals surface area contributed by atoms with Crippen LogP contribution in [0.5, 0.6) is 0 Å². The molecule has 0 aromatic rings. The number of likely N-dealkylation sites (N-methyl/N-ethyl adjacent to an activating group) is 1. The standard InChI is InChI=1S/C8H14N4/c1-2-11-5-8-12(6-3-9)7-4-10/h11H,2,5-8H2,1H3. The smallest absolute Gasteiger partial charge is 0.0874 e. The Morgan fingerprint density at radius 2 is 1.83 bits per heavy atom. The van der Waals surface area contributed by atoms with Crippen molar-refractivity contribution in [1.29, 1.82) is 10.5 Å². The van der Waals surface area contributed by atoms with Gasteiger partial charge in [0.2, 0.25) is 0 Å². The topological polar surface area (TPSA) is 62.9 Å². The van der Waals surface area contributed by atoms with Crippen molar-refractivity contribution in [2.75, 3.05) is 32.7 Å². The average Bonchev–Trinajstić information content (AvgIpc) is 2.06. The van der Waals surface area contributed by atoms with Crippen LogP contribution in [-0.2, 0) is 0 Å². The van der Waals surface area contributed by atoms with Gasteiger partial charge in [0.1, 0.15) is 0 Å². The van der Waals surface area contributed by atoms with Gasteiger partial charge in [0.25, 0.3) is 0 Å². The predicted molar refractivity (Wildman–Crippen MR) is 46.2 cm³/mol. The van der Waals surface area contributed by atoms with E-state index in [1.165, 1.54) is 0 Å². The molecular weight excluding hydrogens is 152 g/mol. The van der Waals surface area contributed by atoms with Gasteiger partial charge in [-0.2, -0.15) is 10.5 Å².